The van der Waals surface area contributed by atoms with Gasteiger partial charge in [-0.15, -0.1) is 11.3 Å². The fourth-order valence-electron chi connectivity index (χ4n) is 1.80. The van der Waals surface area contributed by atoms with Crippen LogP contribution in [0.2, 0.25) is 0 Å². The number of rotatable bonds is 6. The van der Waals surface area contributed by atoms with Crippen LogP contribution >= 0.6 is 11.3 Å². The summed E-state index contributed by atoms with van der Waals surface area (Å²) >= 11 is 1.18. The van der Waals surface area contributed by atoms with E-state index in [1.165, 1.54) is 16.7 Å². The van der Waals surface area contributed by atoms with Crippen LogP contribution in [0, 0.1) is 5.92 Å². The van der Waals surface area contributed by atoms with E-state index in [-0.39, 0.29) is 17.5 Å². The summed E-state index contributed by atoms with van der Waals surface area (Å²) in [6.45, 7) is 4.55. The zero-order valence-corrected chi connectivity index (χ0v) is 13.1. The quantitative estimate of drug-likeness (QED) is 0.800. The van der Waals surface area contributed by atoms with Gasteiger partial charge in [0, 0.05) is 17.5 Å². The number of carbonyl (C=O) groups is 2. The first-order valence-electron chi connectivity index (χ1n) is 6.79. The summed E-state index contributed by atoms with van der Waals surface area (Å²) in [5, 5.41) is 12.5. The molecule has 7 heteroatoms. The van der Waals surface area contributed by atoms with Crippen LogP contribution in [0.15, 0.2) is 35.7 Å². The van der Waals surface area contributed by atoms with E-state index < -0.39 is 5.97 Å². The van der Waals surface area contributed by atoms with Crippen molar-refractivity contribution in [3.05, 3.63) is 47.0 Å². The fraction of sp³-hybridized carbons (Fsp3) is 0.267. The number of aromatic nitrogens is 1. The van der Waals surface area contributed by atoms with E-state index in [9.17, 15) is 9.59 Å². The van der Waals surface area contributed by atoms with E-state index in [2.05, 4.69) is 10.4 Å². The lowest BCUT2D eigenvalue weighted by atomic mass is 10.2. The van der Waals surface area contributed by atoms with E-state index in [4.69, 9.17) is 5.11 Å². The Kier molecular flexibility index (Phi) is 5.11. The molecule has 2 aromatic rings. The highest BCUT2D eigenvalue weighted by Crippen LogP contribution is 2.20. The van der Waals surface area contributed by atoms with Gasteiger partial charge in [0.05, 0.1) is 0 Å². The first-order chi connectivity index (χ1) is 10.5. The Morgan fingerprint density at radius 2 is 2.00 bits per heavy atom. The number of hydrazine groups is 1. The maximum atomic E-state index is 12.3. The van der Waals surface area contributed by atoms with Gasteiger partial charge in [-0.3, -0.25) is 15.2 Å². The first kappa shape index (κ1) is 16.0. The van der Waals surface area contributed by atoms with Crippen LogP contribution in [0.1, 0.15) is 34.7 Å². The minimum Gasteiger partial charge on any atom is -0.476 e. The van der Waals surface area contributed by atoms with E-state index in [1.54, 1.807) is 29.3 Å². The summed E-state index contributed by atoms with van der Waals surface area (Å²) in [7, 11) is 0. The summed E-state index contributed by atoms with van der Waals surface area (Å²) in [6, 6.07) is 8.84. The highest BCUT2D eigenvalue weighted by atomic mass is 32.1. The molecule has 0 saturated carbocycles. The molecule has 0 spiro atoms. The number of carboxylic acids is 1. The van der Waals surface area contributed by atoms with Gasteiger partial charge >= 0.3 is 5.97 Å². The first-order valence-corrected chi connectivity index (χ1v) is 7.67. The molecule has 0 aliphatic rings. The monoisotopic (exact) mass is 319 g/mol. The van der Waals surface area contributed by atoms with Gasteiger partial charge in [-0.05, 0) is 18.1 Å². The van der Waals surface area contributed by atoms with Crippen LogP contribution in [0.25, 0.3) is 0 Å². The van der Waals surface area contributed by atoms with Crippen molar-refractivity contribution in [3.63, 3.8) is 0 Å². The number of thiazole rings is 1. The summed E-state index contributed by atoms with van der Waals surface area (Å²) < 4.78 is 0. The van der Waals surface area contributed by atoms with E-state index in [0.29, 0.717) is 17.2 Å². The third-order valence-electron chi connectivity index (χ3n) is 2.76. The maximum absolute atomic E-state index is 12.3. The molecule has 0 aliphatic heterocycles. The molecule has 0 bridgehead atoms. The molecule has 1 heterocycles. The van der Waals surface area contributed by atoms with Crippen LogP contribution in [0.5, 0.6) is 0 Å². The highest BCUT2D eigenvalue weighted by Gasteiger charge is 2.18. The molecule has 1 amide bonds. The van der Waals surface area contributed by atoms with E-state index in [0.717, 1.165) is 0 Å². The van der Waals surface area contributed by atoms with Crippen molar-refractivity contribution in [2.24, 2.45) is 5.92 Å². The lowest BCUT2D eigenvalue weighted by Crippen LogP contribution is -2.44. The van der Waals surface area contributed by atoms with Crippen molar-refractivity contribution in [3.8, 4) is 0 Å². The molecular weight excluding hydrogens is 302 g/mol. The molecule has 116 valence electrons. The number of nitrogens with one attached hydrogen (secondary N) is 1. The molecule has 0 saturated heterocycles. The molecule has 22 heavy (non-hydrogen) atoms. The number of carboxylic acid groups (broad SMARTS) is 1. The van der Waals surface area contributed by atoms with Gasteiger partial charge in [-0.25, -0.2) is 9.78 Å². The maximum Gasteiger partial charge on any atom is 0.355 e. The van der Waals surface area contributed by atoms with Crippen LogP contribution in [-0.2, 0) is 0 Å². The molecule has 2 rings (SSSR count). The number of anilines is 1. The van der Waals surface area contributed by atoms with E-state index >= 15 is 0 Å². The Bertz CT molecular complexity index is 655. The Morgan fingerprint density at radius 1 is 1.32 bits per heavy atom. The van der Waals surface area contributed by atoms with Crippen molar-refractivity contribution in [1.82, 2.24) is 10.4 Å². The minimum absolute atomic E-state index is 0.0253. The Hall–Kier alpha value is -2.41. The molecule has 0 aliphatic carbocycles. The number of carbonyl (C=O) groups excluding carboxylic acids is 1. The van der Waals surface area contributed by atoms with Crippen molar-refractivity contribution >= 4 is 28.3 Å². The molecule has 0 fully saturated rings. The molecule has 2 N–H and O–H groups in total. The standard InChI is InChI=1S/C15H17N3O3S/c1-10(2)8-18(15-16-12(9-22-15)14(20)21)17-13(19)11-6-4-3-5-7-11/h3-7,9-10H,8H2,1-2H3,(H,17,19)(H,20,21). The number of hydrogen-bond acceptors (Lipinski definition) is 5. The van der Waals surface area contributed by atoms with Crippen molar-refractivity contribution in [1.29, 1.82) is 0 Å². The van der Waals surface area contributed by atoms with Gasteiger partial charge < -0.3 is 5.11 Å². The number of benzene rings is 1. The van der Waals surface area contributed by atoms with Gasteiger partial charge in [0.1, 0.15) is 0 Å². The average molecular weight is 319 g/mol. The van der Waals surface area contributed by atoms with Gasteiger partial charge in [-0.1, -0.05) is 32.0 Å². The SMILES string of the molecule is CC(C)CN(NC(=O)c1ccccc1)c1nc(C(=O)O)cs1. The largest absolute Gasteiger partial charge is 0.476 e. The molecule has 0 atom stereocenters. The summed E-state index contributed by atoms with van der Waals surface area (Å²) in [5.74, 6) is -1.07. The van der Waals surface area contributed by atoms with Gasteiger partial charge in [0.25, 0.3) is 5.91 Å². The lowest BCUT2D eigenvalue weighted by Gasteiger charge is -2.24. The summed E-state index contributed by atoms with van der Waals surface area (Å²) in [5.41, 5.74) is 3.29. The lowest BCUT2D eigenvalue weighted by molar-refractivity contribution is 0.0691. The second-order valence-electron chi connectivity index (χ2n) is 5.13. The number of hydrogen-bond donors (Lipinski definition) is 2. The average Bonchev–Trinajstić information content (AvgIpc) is 2.97. The third-order valence-corrected chi connectivity index (χ3v) is 3.63. The smallest absolute Gasteiger partial charge is 0.355 e. The normalized spacial score (nSPS) is 10.5. The van der Waals surface area contributed by atoms with Gasteiger partial charge in [0.15, 0.2) is 5.69 Å². The number of amides is 1. The summed E-state index contributed by atoms with van der Waals surface area (Å²) in [4.78, 5) is 27.2. The Labute approximate surface area is 132 Å². The Morgan fingerprint density at radius 3 is 2.55 bits per heavy atom. The molecule has 0 unspecified atom stereocenters. The topological polar surface area (TPSA) is 82.5 Å². The predicted octanol–water partition coefficient (Wildman–Crippen LogP) is 2.65. The van der Waals surface area contributed by atoms with Crippen LogP contribution in [0.3, 0.4) is 0 Å². The number of nitrogens with zero attached hydrogens (tertiary/aromatic N) is 2. The highest BCUT2D eigenvalue weighted by molar-refractivity contribution is 7.13. The summed E-state index contributed by atoms with van der Waals surface area (Å²) in [6.07, 6.45) is 0. The second kappa shape index (κ2) is 7.04. The van der Waals surface area contributed by atoms with Crippen LogP contribution < -0.4 is 10.4 Å². The van der Waals surface area contributed by atoms with Gasteiger partial charge in [0.2, 0.25) is 5.13 Å². The molecule has 6 nitrogen and oxygen atoms in total. The second-order valence-corrected chi connectivity index (χ2v) is 5.97. The van der Waals surface area contributed by atoms with Gasteiger partial charge in [-0.2, -0.15) is 0 Å². The number of aromatic carboxylic acids is 1. The third kappa shape index (κ3) is 4.05. The van der Waals surface area contributed by atoms with Crippen LogP contribution in [0.4, 0.5) is 5.13 Å². The molecule has 1 aromatic carbocycles. The molecule has 0 radical (unpaired) electrons. The zero-order valence-electron chi connectivity index (χ0n) is 12.3. The molecule has 1 aromatic heterocycles. The minimum atomic E-state index is -1.08. The van der Waals surface area contributed by atoms with E-state index in [1.807, 2.05) is 19.9 Å². The van der Waals surface area contributed by atoms with Crippen molar-refractivity contribution in [2.45, 2.75) is 13.8 Å². The zero-order chi connectivity index (χ0) is 16.1. The van der Waals surface area contributed by atoms with Crippen molar-refractivity contribution < 1.29 is 14.7 Å². The van der Waals surface area contributed by atoms with Crippen molar-refractivity contribution in [2.75, 3.05) is 11.6 Å². The molecular formula is C15H17N3O3S. The Balaban J connectivity index is 2.18. The fourth-order valence-corrected chi connectivity index (χ4v) is 2.57. The van der Waals surface area contributed by atoms with Crippen LogP contribution in [-0.4, -0.2) is 28.5 Å². The predicted molar refractivity (Wildman–Crippen MR) is 85.2 cm³/mol.